The van der Waals surface area contributed by atoms with Gasteiger partial charge in [-0.05, 0) is 44.2 Å². The van der Waals surface area contributed by atoms with Crippen molar-refractivity contribution in [1.82, 2.24) is 24.3 Å². The Morgan fingerprint density at radius 2 is 2.07 bits per heavy atom. The SMILES string of the molecule is Cc1ncoc1-c1ccc(Nc2cncn3cc(CC4CCOCC4)nc23)cn1. The van der Waals surface area contributed by atoms with Crippen LogP contribution in [-0.2, 0) is 11.2 Å². The molecule has 8 nitrogen and oxygen atoms in total. The van der Waals surface area contributed by atoms with Gasteiger partial charge in [0.15, 0.2) is 17.8 Å². The topological polar surface area (TPSA) is 90.4 Å². The molecule has 4 aromatic heterocycles. The lowest BCUT2D eigenvalue weighted by atomic mass is 9.95. The molecule has 0 unspecified atom stereocenters. The Labute approximate surface area is 168 Å². The van der Waals surface area contributed by atoms with E-state index in [0.29, 0.717) is 11.7 Å². The summed E-state index contributed by atoms with van der Waals surface area (Å²) < 4.78 is 12.8. The summed E-state index contributed by atoms with van der Waals surface area (Å²) in [6.07, 6.45) is 12.0. The van der Waals surface area contributed by atoms with Crippen molar-refractivity contribution in [2.75, 3.05) is 18.5 Å². The van der Waals surface area contributed by atoms with Gasteiger partial charge in [0.25, 0.3) is 0 Å². The van der Waals surface area contributed by atoms with Gasteiger partial charge >= 0.3 is 0 Å². The van der Waals surface area contributed by atoms with E-state index in [2.05, 4.69) is 26.5 Å². The molecule has 0 atom stereocenters. The van der Waals surface area contributed by atoms with E-state index in [0.717, 1.165) is 66.6 Å². The van der Waals surface area contributed by atoms with E-state index in [4.69, 9.17) is 14.1 Å². The van der Waals surface area contributed by atoms with E-state index >= 15 is 0 Å². The van der Waals surface area contributed by atoms with Gasteiger partial charge in [0.05, 0.1) is 29.5 Å². The third-order valence-electron chi connectivity index (χ3n) is 5.28. The molecular formula is C21H22N6O2. The van der Waals surface area contributed by atoms with Gasteiger partial charge in [-0.15, -0.1) is 0 Å². The first-order chi connectivity index (χ1) is 14.3. The first-order valence-corrected chi connectivity index (χ1v) is 9.79. The van der Waals surface area contributed by atoms with Gasteiger partial charge in [-0.3, -0.25) is 9.38 Å². The number of aromatic nitrogens is 5. The van der Waals surface area contributed by atoms with Crippen LogP contribution in [0.15, 0.2) is 47.9 Å². The van der Waals surface area contributed by atoms with Gasteiger partial charge in [0, 0.05) is 19.4 Å². The average molecular weight is 390 g/mol. The van der Waals surface area contributed by atoms with Crippen LogP contribution in [0.4, 0.5) is 11.4 Å². The van der Waals surface area contributed by atoms with Crippen molar-refractivity contribution in [3.8, 4) is 11.5 Å². The number of rotatable bonds is 5. The number of hydrogen-bond acceptors (Lipinski definition) is 7. The predicted octanol–water partition coefficient (Wildman–Crippen LogP) is 3.80. The second-order valence-corrected chi connectivity index (χ2v) is 7.35. The maximum absolute atomic E-state index is 5.46. The molecule has 0 saturated carbocycles. The zero-order valence-corrected chi connectivity index (χ0v) is 16.2. The maximum atomic E-state index is 5.46. The molecule has 1 aliphatic heterocycles. The Morgan fingerprint density at radius 3 is 2.83 bits per heavy atom. The van der Waals surface area contributed by atoms with Crippen molar-refractivity contribution in [3.63, 3.8) is 0 Å². The second kappa shape index (κ2) is 7.63. The third-order valence-corrected chi connectivity index (χ3v) is 5.28. The highest BCUT2D eigenvalue weighted by atomic mass is 16.5. The quantitative estimate of drug-likeness (QED) is 0.554. The molecule has 1 fully saturated rings. The van der Waals surface area contributed by atoms with Gasteiger partial charge in [-0.1, -0.05) is 0 Å². The van der Waals surface area contributed by atoms with Gasteiger partial charge in [-0.25, -0.2) is 15.0 Å². The Hall–Kier alpha value is -3.26. The minimum Gasteiger partial charge on any atom is -0.442 e. The van der Waals surface area contributed by atoms with Crippen molar-refractivity contribution < 1.29 is 9.15 Å². The Kier molecular flexibility index (Phi) is 4.69. The van der Waals surface area contributed by atoms with E-state index in [9.17, 15) is 0 Å². The number of nitrogens with one attached hydrogen (secondary N) is 1. The van der Waals surface area contributed by atoms with E-state index in [1.165, 1.54) is 6.39 Å². The largest absolute Gasteiger partial charge is 0.442 e. The molecule has 5 rings (SSSR count). The molecule has 0 spiro atoms. The summed E-state index contributed by atoms with van der Waals surface area (Å²) in [4.78, 5) is 17.8. The molecule has 4 aromatic rings. The number of ether oxygens (including phenoxy) is 1. The molecule has 8 heteroatoms. The molecule has 1 N–H and O–H groups in total. The van der Waals surface area contributed by atoms with Crippen LogP contribution < -0.4 is 5.32 Å². The third kappa shape index (κ3) is 3.71. The first-order valence-electron chi connectivity index (χ1n) is 9.79. The number of imidazole rings is 1. The normalized spacial score (nSPS) is 15.1. The Morgan fingerprint density at radius 1 is 1.17 bits per heavy atom. The van der Waals surface area contributed by atoms with Crippen LogP contribution >= 0.6 is 0 Å². The van der Waals surface area contributed by atoms with Crippen molar-refractivity contribution in [2.45, 2.75) is 26.2 Å². The molecule has 0 aromatic carbocycles. The van der Waals surface area contributed by atoms with Crippen LogP contribution in [0, 0.1) is 12.8 Å². The molecule has 29 heavy (non-hydrogen) atoms. The molecule has 148 valence electrons. The monoisotopic (exact) mass is 390 g/mol. The average Bonchev–Trinajstić information content (AvgIpc) is 3.36. The van der Waals surface area contributed by atoms with Crippen LogP contribution in [0.5, 0.6) is 0 Å². The van der Waals surface area contributed by atoms with E-state index in [1.54, 1.807) is 18.7 Å². The smallest absolute Gasteiger partial charge is 0.181 e. The van der Waals surface area contributed by atoms with E-state index in [1.807, 2.05) is 23.5 Å². The summed E-state index contributed by atoms with van der Waals surface area (Å²) in [6, 6.07) is 3.87. The minimum atomic E-state index is 0.634. The number of pyridine rings is 1. The second-order valence-electron chi connectivity index (χ2n) is 7.35. The lowest BCUT2D eigenvalue weighted by Gasteiger charge is -2.20. The number of anilines is 2. The number of fused-ring (bicyclic) bond motifs is 1. The fourth-order valence-corrected chi connectivity index (χ4v) is 3.71. The van der Waals surface area contributed by atoms with Gasteiger partial charge in [0.2, 0.25) is 0 Å². The van der Waals surface area contributed by atoms with Crippen molar-refractivity contribution in [3.05, 3.63) is 54.8 Å². The van der Waals surface area contributed by atoms with Crippen LogP contribution in [-0.4, -0.2) is 37.6 Å². The van der Waals surface area contributed by atoms with E-state index < -0.39 is 0 Å². The summed E-state index contributed by atoms with van der Waals surface area (Å²) in [5.41, 5.74) is 5.22. The number of oxazole rings is 1. The molecule has 0 aliphatic carbocycles. The van der Waals surface area contributed by atoms with Crippen LogP contribution in [0.3, 0.4) is 0 Å². The van der Waals surface area contributed by atoms with E-state index in [-0.39, 0.29) is 0 Å². The Balaban J connectivity index is 1.36. The molecular weight excluding hydrogens is 368 g/mol. The minimum absolute atomic E-state index is 0.634. The number of nitrogens with zero attached hydrogens (tertiary/aromatic N) is 5. The number of hydrogen-bond donors (Lipinski definition) is 1. The zero-order valence-electron chi connectivity index (χ0n) is 16.2. The summed E-state index contributed by atoms with van der Waals surface area (Å²) in [5, 5.41) is 3.38. The van der Waals surface area contributed by atoms with Crippen molar-refractivity contribution in [2.24, 2.45) is 5.92 Å². The molecule has 0 bridgehead atoms. The maximum Gasteiger partial charge on any atom is 0.181 e. The fourth-order valence-electron chi connectivity index (χ4n) is 3.71. The van der Waals surface area contributed by atoms with Crippen LogP contribution in [0.1, 0.15) is 24.2 Å². The van der Waals surface area contributed by atoms with Gasteiger partial charge < -0.3 is 14.5 Å². The van der Waals surface area contributed by atoms with Gasteiger partial charge in [-0.2, -0.15) is 0 Å². The van der Waals surface area contributed by atoms with Crippen molar-refractivity contribution >= 4 is 17.0 Å². The summed E-state index contributed by atoms with van der Waals surface area (Å²) in [6.45, 7) is 3.60. The standard InChI is InChI=1S/C21H22N6O2/c1-14-20(29-13-24-14)18-3-2-16(9-23-18)25-19-10-22-12-27-11-17(26-21(19)27)8-15-4-6-28-7-5-15/h2-3,9-13,15,25H,4-8H2,1H3. The lowest BCUT2D eigenvalue weighted by Crippen LogP contribution is -2.17. The summed E-state index contributed by atoms with van der Waals surface area (Å²) >= 11 is 0. The molecule has 1 aliphatic rings. The molecule has 1 saturated heterocycles. The van der Waals surface area contributed by atoms with Crippen molar-refractivity contribution in [1.29, 1.82) is 0 Å². The lowest BCUT2D eigenvalue weighted by molar-refractivity contribution is 0.0663. The highest BCUT2D eigenvalue weighted by Crippen LogP contribution is 2.25. The Bertz CT molecular complexity index is 1110. The highest BCUT2D eigenvalue weighted by molar-refractivity contribution is 5.73. The van der Waals surface area contributed by atoms with Gasteiger partial charge in [0.1, 0.15) is 17.7 Å². The predicted molar refractivity (Wildman–Crippen MR) is 108 cm³/mol. The summed E-state index contributed by atoms with van der Waals surface area (Å²) in [5.74, 6) is 1.32. The molecule has 0 amide bonds. The zero-order chi connectivity index (χ0) is 19.6. The first kappa shape index (κ1) is 17.8. The molecule has 0 radical (unpaired) electrons. The van der Waals surface area contributed by atoms with Crippen LogP contribution in [0.2, 0.25) is 0 Å². The summed E-state index contributed by atoms with van der Waals surface area (Å²) in [7, 11) is 0. The molecule has 5 heterocycles. The number of aryl methyl sites for hydroxylation is 1. The highest BCUT2D eigenvalue weighted by Gasteiger charge is 2.17. The fraction of sp³-hybridized carbons (Fsp3) is 0.333. The van der Waals surface area contributed by atoms with Crippen LogP contribution in [0.25, 0.3) is 17.1 Å².